The van der Waals surface area contributed by atoms with Gasteiger partial charge < -0.3 is 15.2 Å². The lowest BCUT2D eigenvalue weighted by atomic mass is 10.1. The predicted molar refractivity (Wildman–Crippen MR) is 82.3 cm³/mol. The van der Waals surface area contributed by atoms with Gasteiger partial charge in [-0.1, -0.05) is 6.07 Å². The number of carbonyl (C=O) groups excluding carboxylic acids is 1. The van der Waals surface area contributed by atoms with E-state index in [1.807, 2.05) is 0 Å². The molecule has 22 heavy (non-hydrogen) atoms. The fourth-order valence-corrected chi connectivity index (χ4v) is 2.84. The fourth-order valence-electron chi connectivity index (χ4n) is 1.74. The molecule has 7 nitrogen and oxygen atoms in total. The smallest absolute Gasteiger partial charge is 0.251 e. The Morgan fingerprint density at radius 1 is 1.32 bits per heavy atom. The molecule has 3 N–H and O–H groups in total. The van der Waals surface area contributed by atoms with Gasteiger partial charge in [-0.2, -0.15) is 0 Å². The van der Waals surface area contributed by atoms with Crippen molar-refractivity contribution in [2.75, 3.05) is 33.4 Å². The predicted octanol–water partition coefficient (Wildman–Crippen LogP) is 0.0319. The third-order valence-corrected chi connectivity index (χ3v) is 4.44. The molecule has 0 aromatic heterocycles. The van der Waals surface area contributed by atoms with Gasteiger partial charge in [0, 0.05) is 32.4 Å². The van der Waals surface area contributed by atoms with Gasteiger partial charge in [0.1, 0.15) is 0 Å². The van der Waals surface area contributed by atoms with Gasteiger partial charge in [-0.05, 0) is 31.0 Å². The quantitative estimate of drug-likeness (QED) is 0.554. The molecule has 124 valence electrons. The van der Waals surface area contributed by atoms with Gasteiger partial charge in [-0.3, -0.25) is 4.79 Å². The lowest BCUT2D eigenvalue weighted by Gasteiger charge is -2.11. The molecule has 0 saturated carbocycles. The molecule has 0 unspecified atom stereocenters. The van der Waals surface area contributed by atoms with E-state index in [-0.39, 0.29) is 24.0 Å². The summed E-state index contributed by atoms with van der Waals surface area (Å²) in [6, 6.07) is 4.38. The van der Waals surface area contributed by atoms with E-state index in [4.69, 9.17) is 9.84 Å². The Kier molecular flexibility index (Phi) is 7.46. The number of hydrogen-bond acceptors (Lipinski definition) is 5. The Morgan fingerprint density at radius 2 is 2.05 bits per heavy atom. The Hall–Kier alpha value is -1.48. The third-order valence-electron chi connectivity index (χ3n) is 2.98. The second-order valence-corrected chi connectivity index (χ2v) is 6.47. The van der Waals surface area contributed by atoms with Crippen LogP contribution in [0.25, 0.3) is 0 Å². The van der Waals surface area contributed by atoms with E-state index < -0.39 is 10.0 Å². The average Bonchev–Trinajstić information content (AvgIpc) is 2.47. The molecule has 0 aliphatic rings. The topological polar surface area (TPSA) is 105 Å². The molecule has 0 spiro atoms. The van der Waals surface area contributed by atoms with E-state index in [1.165, 1.54) is 19.2 Å². The number of hydrogen-bond donors (Lipinski definition) is 3. The normalized spacial score (nSPS) is 11.4. The van der Waals surface area contributed by atoms with Crippen molar-refractivity contribution in [1.82, 2.24) is 10.0 Å². The molecule has 0 saturated heterocycles. The van der Waals surface area contributed by atoms with Crippen molar-refractivity contribution < 1.29 is 23.1 Å². The SMILES string of the molecule is COCCNC(=O)c1cc(S(=O)(=O)NCCCO)ccc1C. The summed E-state index contributed by atoms with van der Waals surface area (Å²) in [5, 5.41) is 11.4. The summed E-state index contributed by atoms with van der Waals surface area (Å²) >= 11 is 0. The van der Waals surface area contributed by atoms with Gasteiger partial charge in [0.15, 0.2) is 0 Å². The van der Waals surface area contributed by atoms with Crippen LogP contribution in [0, 0.1) is 6.92 Å². The van der Waals surface area contributed by atoms with Crippen LogP contribution in [0.5, 0.6) is 0 Å². The maximum atomic E-state index is 12.1. The number of nitrogens with one attached hydrogen (secondary N) is 2. The zero-order valence-electron chi connectivity index (χ0n) is 12.8. The number of aliphatic hydroxyl groups is 1. The summed E-state index contributed by atoms with van der Waals surface area (Å²) in [5.74, 6) is -0.345. The monoisotopic (exact) mass is 330 g/mol. The number of amides is 1. The molecule has 0 bridgehead atoms. The van der Waals surface area contributed by atoms with E-state index in [0.717, 1.165) is 0 Å². The first-order valence-electron chi connectivity index (χ1n) is 6.90. The minimum Gasteiger partial charge on any atom is -0.396 e. The highest BCUT2D eigenvalue weighted by atomic mass is 32.2. The number of sulfonamides is 1. The summed E-state index contributed by atoms with van der Waals surface area (Å²) in [4.78, 5) is 12.1. The van der Waals surface area contributed by atoms with E-state index in [2.05, 4.69) is 10.0 Å². The van der Waals surface area contributed by atoms with Gasteiger partial charge in [0.05, 0.1) is 11.5 Å². The first-order valence-corrected chi connectivity index (χ1v) is 8.39. The Balaban J connectivity index is 2.91. The fraction of sp³-hybridized carbons (Fsp3) is 0.500. The molecule has 0 fully saturated rings. The summed E-state index contributed by atoms with van der Waals surface area (Å²) < 4.78 is 31.4. The van der Waals surface area contributed by atoms with Crippen molar-refractivity contribution in [3.63, 3.8) is 0 Å². The first-order chi connectivity index (χ1) is 10.4. The van der Waals surface area contributed by atoms with E-state index in [0.29, 0.717) is 30.7 Å². The number of carbonyl (C=O) groups is 1. The minimum atomic E-state index is -3.70. The van der Waals surface area contributed by atoms with Crippen LogP contribution in [-0.4, -0.2) is 52.8 Å². The molecule has 0 aliphatic carbocycles. The largest absolute Gasteiger partial charge is 0.396 e. The zero-order valence-corrected chi connectivity index (χ0v) is 13.6. The van der Waals surface area contributed by atoms with Crippen LogP contribution >= 0.6 is 0 Å². The van der Waals surface area contributed by atoms with E-state index in [1.54, 1.807) is 13.0 Å². The molecule has 0 radical (unpaired) electrons. The highest BCUT2D eigenvalue weighted by Gasteiger charge is 2.17. The van der Waals surface area contributed by atoms with Crippen LogP contribution in [0.15, 0.2) is 23.1 Å². The molecule has 1 aromatic carbocycles. The molecule has 8 heteroatoms. The standard InChI is InChI=1S/C14H22N2O5S/c1-11-4-5-12(22(19,20)16-6-3-8-17)10-13(11)14(18)15-7-9-21-2/h4-5,10,16-17H,3,6-9H2,1-2H3,(H,15,18). The van der Waals surface area contributed by atoms with Crippen LogP contribution in [-0.2, 0) is 14.8 Å². The van der Waals surface area contributed by atoms with E-state index in [9.17, 15) is 13.2 Å². The number of methoxy groups -OCH3 is 1. The maximum absolute atomic E-state index is 12.1. The van der Waals surface area contributed by atoms with Crippen molar-refractivity contribution in [2.45, 2.75) is 18.2 Å². The molecule has 1 rings (SSSR count). The van der Waals surface area contributed by atoms with Crippen molar-refractivity contribution in [1.29, 1.82) is 0 Å². The van der Waals surface area contributed by atoms with Crippen LogP contribution in [0.2, 0.25) is 0 Å². The lowest BCUT2D eigenvalue weighted by molar-refractivity contribution is 0.0936. The number of aliphatic hydroxyl groups excluding tert-OH is 1. The second kappa shape index (κ2) is 8.84. The zero-order chi connectivity index (χ0) is 16.6. The number of rotatable bonds is 9. The van der Waals surface area contributed by atoms with Gasteiger partial charge in [0.2, 0.25) is 10.0 Å². The summed E-state index contributed by atoms with van der Waals surface area (Å²) in [5.41, 5.74) is 0.991. The van der Waals surface area contributed by atoms with Gasteiger partial charge >= 0.3 is 0 Å². The molecular weight excluding hydrogens is 308 g/mol. The van der Waals surface area contributed by atoms with Gasteiger partial charge in [-0.15, -0.1) is 0 Å². The van der Waals surface area contributed by atoms with Crippen LogP contribution in [0.4, 0.5) is 0 Å². The van der Waals surface area contributed by atoms with Crippen molar-refractivity contribution >= 4 is 15.9 Å². The summed E-state index contributed by atoms with van der Waals surface area (Å²) in [6.45, 7) is 2.51. The van der Waals surface area contributed by atoms with E-state index >= 15 is 0 Å². The van der Waals surface area contributed by atoms with Crippen LogP contribution in [0.3, 0.4) is 0 Å². The van der Waals surface area contributed by atoms with Crippen molar-refractivity contribution in [2.24, 2.45) is 0 Å². The highest BCUT2D eigenvalue weighted by Crippen LogP contribution is 2.15. The van der Waals surface area contributed by atoms with Gasteiger partial charge in [0.25, 0.3) is 5.91 Å². The Bertz CT molecular complexity index is 601. The van der Waals surface area contributed by atoms with Crippen LogP contribution in [0.1, 0.15) is 22.3 Å². The first kappa shape index (κ1) is 18.6. The summed E-state index contributed by atoms with van der Waals surface area (Å²) in [6.07, 6.45) is 0.329. The van der Waals surface area contributed by atoms with Crippen molar-refractivity contribution in [3.05, 3.63) is 29.3 Å². The molecule has 1 amide bonds. The highest BCUT2D eigenvalue weighted by molar-refractivity contribution is 7.89. The Labute approximate surface area is 130 Å². The average molecular weight is 330 g/mol. The third kappa shape index (κ3) is 5.38. The minimum absolute atomic E-state index is 0.0212. The molecular formula is C14H22N2O5S. The Morgan fingerprint density at radius 3 is 2.68 bits per heavy atom. The number of benzene rings is 1. The molecule has 0 heterocycles. The lowest BCUT2D eigenvalue weighted by Crippen LogP contribution is -2.29. The molecule has 0 atom stereocenters. The molecule has 1 aromatic rings. The van der Waals surface area contributed by atoms with Crippen LogP contribution < -0.4 is 10.0 Å². The number of ether oxygens (including phenoxy) is 1. The van der Waals surface area contributed by atoms with Gasteiger partial charge in [-0.25, -0.2) is 13.1 Å². The maximum Gasteiger partial charge on any atom is 0.251 e. The molecule has 0 aliphatic heterocycles. The number of aryl methyl sites for hydroxylation is 1. The van der Waals surface area contributed by atoms with Crippen molar-refractivity contribution in [3.8, 4) is 0 Å². The second-order valence-electron chi connectivity index (χ2n) is 4.70. The summed E-state index contributed by atoms with van der Waals surface area (Å²) in [7, 11) is -2.17.